The van der Waals surface area contributed by atoms with Crippen LogP contribution in [0.2, 0.25) is 0 Å². The molecule has 0 saturated carbocycles. The summed E-state index contributed by atoms with van der Waals surface area (Å²) < 4.78 is 5.25. The molecule has 0 fully saturated rings. The monoisotopic (exact) mass is 293 g/mol. The molecule has 1 N–H and O–H groups in total. The normalized spacial score (nSPS) is 12.6. The van der Waals surface area contributed by atoms with E-state index in [0.717, 1.165) is 15.9 Å². The van der Waals surface area contributed by atoms with Crippen molar-refractivity contribution in [3.63, 3.8) is 0 Å². The lowest BCUT2D eigenvalue weighted by Crippen LogP contribution is -2.18. The minimum Gasteiger partial charge on any atom is -0.312 e. The molecule has 1 atom stereocenters. The van der Waals surface area contributed by atoms with Gasteiger partial charge in [0, 0.05) is 11.8 Å². The molecule has 0 radical (unpaired) electrons. The predicted molar refractivity (Wildman–Crippen MR) is 83.1 cm³/mol. The summed E-state index contributed by atoms with van der Waals surface area (Å²) >= 11 is 3.24. The maximum absolute atomic E-state index is 4.38. The summed E-state index contributed by atoms with van der Waals surface area (Å²) in [6, 6.07) is 7.00. The average Bonchev–Trinajstić information content (AvgIpc) is 2.80. The van der Waals surface area contributed by atoms with Gasteiger partial charge in [0.2, 0.25) is 0 Å². The molecule has 19 heavy (non-hydrogen) atoms. The summed E-state index contributed by atoms with van der Waals surface area (Å²) in [4.78, 5) is 4.38. The first-order chi connectivity index (χ1) is 9.10. The molecule has 0 spiro atoms. The second-order valence-corrected chi connectivity index (χ2v) is 6.62. The zero-order chi connectivity index (χ0) is 13.8. The number of thioether (sulfide) groups is 1. The molecule has 2 rings (SSSR count). The van der Waals surface area contributed by atoms with Crippen LogP contribution in [0.15, 0.2) is 22.5 Å². The molecular formula is C14H19N3S2. The van der Waals surface area contributed by atoms with Crippen LogP contribution >= 0.6 is 23.3 Å². The Balaban J connectivity index is 2.05. The quantitative estimate of drug-likeness (QED) is 0.856. The number of hydrogen-bond donors (Lipinski definition) is 1. The molecule has 0 aliphatic rings. The Morgan fingerprint density at radius 2 is 2.05 bits per heavy atom. The Kier molecular flexibility index (Phi) is 4.96. The highest BCUT2D eigenvalue weighted by atomic mass is 32.2. The van der Waals surface area contributed by atoms with Crippen LogP contribution < -0.4 is 5.32 Å². The van der Waals surface area contributed by atoms with E-state index in [4.69, 9.17) is 0 Å². The van der Waals surface area contributed by atoms with Crippen LogP contribution in [-0.2, 0) is 0 Å². The van der Waals surface area contributed by atoms with Crippen LogP contribution in [0.5, 0.6) is 0 Å². The Morgan fingerprint density at radius 1 is 1.26 bits per heavy atom. The molecule has 0 saturated heterocycles. The number of nitrogens with one attached hydrogen (secondary N) is 1. The van der Waals surface area contributed by atoms with Crippen molar-refractivity contribution >= 4 is 23.3 Å². The van der Waals surface area contributed by atoms with Gasteiger partial charge in [0.15, 0.2) is 4.34 Å². The van der Waals surface area contributed by atoms with Gasteiger partial charge in [-0.3, -0.25) is 0 Å². The van der Waals surface area contributed by atoms with Gasteiger partial charge in [-0.15, -0.1) is 0 Å². The SMILES string of the molecule is CNC(CSc1nc(C)ns1)c1ccc(C)c(C)c1. The third kappa shape index (κ3) is 3.78. The van der Waals surface area contributed by atoms with Crippen molar-refractivity contribution < 1.29 is 0 Å². The summed E-state index contributed by atoms with van der Waals surface area (Å²) in [6.07, 6.45) is 0. The Morgan fingerprint density at radius 3 is 2.63 bits per heavy atom. The van der Waals surface area contributed by atoms with Gasteiger partial charge in [-0.05, 0) is 56.0 Å². The van der Waals surface area contributed by atoms with Crippen LogP contribution in [0.3, 0.4) is 0 Å². The largest absolute Gasteiger partial charge is 0.312 e. The van der Waals surface area contributed by atoms with Crippen molar-refractivity contribution in [3.05, 3.63) is 40.7 Å². The van der Waals surface area contributed by atoms with Crippen LogP contribution in [0.25, 0.3) is 0 Å². The lowest BCUT2D eigenvalue weighted by atomic mass is 10.0. The Hall–Kier alpha value is -0.910. The van der Waals surface area contributed by atoms with Crippen LogP contribution in [0.4, 0.5) is 0 Å². The van der Waals surface area contributed by atoms with Gasteiger partial charge in [-0.2, -0.15) is 4.37 Å². The zero-order valence-electron chi connectivity index (χ0n) is 11.7. The van der Waals surface area contributed by atoms with E-state index in [1.165, 1.54) is 28.2 Å². The number of nitrogens with zero attached hydrogens (tertiary/aromatic N) is 2. The summed E-state index contributed by atoms with van der Waals surface area (Å²) in [6.45, 7) is 6.23. The van der Waals surface area contributed by atoms with E-state index < -0.39 is 0 Å². The second-order valence-electron chi connectivity index (χ2n) is 4.60. The van der Waals surface area contributed by atoms with Gasteiger partial charge in [-0.25, -0.2) is 4.98 Å². The molecule has 1 aromatic carbocycles. The zero-order valence-corrected chi connectivity index (χ0v) is 13.4. The fraction of sp³-hybridized carbons (Fsp3) is 0.429. The molecular weight excluding hydrogens is 274 g/mol. The lowest BCUT2D eigenvalue weighted by Gasteiger charge is -2.16. The van der Waals surface area contributed by atoms with Crippen molar-refractivity contribution in [1.29, 1.82) is 0 Å². The Bertz CT molecular complexity index is 551. The van der Waals surface area contributed by atoms with Crippen LogP contribution in [0, 0.1) is 20.8 Å². The van der Waals surface area contributed by atoms with Gasteiger partial charge < -0.3 is 5.32 Å². The van der Waals surface area contributed by atoms with E-state index in [9.17, 15) is 0 Å². The van der Waals surface area contributed by atoms with Gasteiger partial charge >= 0.3 is 0 Å². The van der Waals surface area contributed by atoms with Crippen molar-refractivity contribution in [3.8, 4) is 0 Å². The summed E-state index contributed by atoms with van der Waals surface area (Å²) in [7, 11) is 2.01. The van der Waals surface area contributed by atoms with Crippen LogP contribution in [-0.4, -0.2) is 22.2 Å². The van der Waals surface area contributed by atoms with Gasteiger partial charge in [-0.1, -0.05) is 30.0 Å². The second kappa shape index (κ2) is 6.50. The highest BCUT2D eigenvalue weighted by Gasteiger charge is 2.12. The summed E-state index contributed by atoms with van der Waals surface area (Å²) in [5, 5.41) is 3.38. The van der Waals surface area contributed by atoms with Gasteiger partial charge in [0.05, 0.1) is 0 Å². The first kappa shape index (κ1) is 14.5. The first-order valence-electron chi connectivity index (χ1n) is 6.27. The number of rotatable bonds is 5. The molecule has 1 heterocycles. The molecule has 1 aromatic heterocycles. The third-order valence-corrected chi connectivity index (χ3v) is 5.18. The summed E-state index contributed by atoms with van der Waals surface area (Å²) in [5.41, 5.74) is 4.01. The third-order valence-electron chi connectivity index (χ3n) is 3.16. The standard InChI is InChI=1S/C14H19N3S2/c1-9-5-6-12(7-10(9)2)13(15-4)8-18-14-16-11(3)17-19-14/h5-7,13,15H,8H2,1-4H3. The minimum atomic E-state index is 0.341. The molecule has 3 nitrogen and oxygen atoms in total. The van der Waals surface area contributed by atoms with Crippen molar-refractivity contribution in [2.24, 2.45) is 0 Å². The molecule has 0 aliphatic carbocycles. The van der Waals surface area contributed by atoms with E-state index in [1.54, 1.807) is 11.8 Å². The van der Waals surface area contributed by atoms with Crippen molar-refractivity contribution in [1.82, 2.24) is 14.7 Å². The van der Waals surface area contributed by atoms with Gasteiger partial charge in [0.25, 0.3) is 0 Å². The molecule has 5 heteroatoms. The highest BCUT2D eigenvalue weighted by Crippen LogP contribution is 2.26. The molecule has 1 unspecified atom stereocenters. The maximum Gasteiger partial charge on any atom is 0.170 e. The van der Waals surface area contributed by atoms with E-state index >= 15 is 0 Å². The van der Waals surface area contributed by atoms with Crippen LogP contribution in [0.1, 0.15) is 28.6 Å². The molecule has 2 aromatic rings. The average molecular weight is 293 g/mol. The molecule has 0 amide bonds. The fourth-order valence-electron chi connectivity index (χ4n) is 1.82. The van der Waals surface area contributed by atoms with E-state index in [-0.39, 0.29) is 0 Å². The molecule has 102 valence electrons. The maximum atomic E-state index is 4.38. The topological polar surface area (TPSA) is 37.8 Å². The fourth-order valence-corrected chi connectivity index (χ4v) is 3.63. The Labute approximate surface area is 123 Å². The van der Waals surface area contributed by atoms with E-state index in [1.807, 2.05) is 14.0 Å². The number of aromatic nitrogens is 2. The van der Waals surface area contributed by atoms with Crippen molar-refractivity contribution in [2.75, 3.05) is 12.8 Å². The smallest absolute Gasteiger partial charge is 0.170 e. The minimum absolute atomic E-state index is 0.341. The number of benzene rings is 1. The van der Waals surface area contributed by atoms with Crippen molar-refractivity contribution in [2.45, 2.75) is 31.2 Å². The molecule has 0 aliphatic heterocycles. The lowest BCUT2D eigenvalue weighted by molar-refractivity contribution is 0.661. The first-order valence-corrected chi connectivity index (χ1v) is 8.03. The summed E-state index contributed by atoms with van der Waals surface area (Å²) in [5.74, 6) is 1.83. The predicted octanol–water partition coefficient (Wildman–Crippen LogP) is 3.52. The van der Waals surface area contributed by atoms with E-state index in [0.29, 0.717) is 6.04 Å². The number of hydrogen-bond acceptors (Lipinski definition) is 5. The van der Waals surface area contributed by atoms with E-state index in [2.05, 4.69) is 46.7 Å². The molecule has 0 bridgehead atoms. The highest BCUT2D eigenvalue weighted by molar-refractivity contribution is 8.00. The number of aryl methyl sites for hydroxylation is 3. The van der Waals surface area contributed by atoms with Gasteiger partial charge in [0.1, 0.15) is 5.82 Å².